The van der Waals surface area contributed by atoms with Crippen molar-refractivity contribution in [2.24, 2.45) is 10.9 Å². The molecule has 1 aliphatic rings. The van der Waals surface area contributed by atoms with E-state index in [0.29, 0.717) is 5.69 Å². The van der Waals surface area contributed by atoms with Gasteiger partial charge in [-0.05, 0) is 49.6 Å². The van der Waals surface area contributed by atoms with Crippen LogP contribution in [-0.2, 0) is 9.59 Å². The van der Waals surface area contributed by atoms with E-state index in [0.717, 1.165) is 21.6 Å². The van der Waals surface area contributed by atoms with Crippen molar-refractivity contribution < 1.29 is 14.4 Å². The molecule has 0 bridgehead atoms. The molecule has 1 saturated heterocycles. The molecule has 1 N–H and O–H groups in total. The second-order valence-electron chi connectivity index (χ2n) is 6.60. The quantitative estimate of drug-likeness (QED) is 0.668. The summed E-state index contributed by atoms with van der Waals surface area (Å²) < 4.78 is 0. The molecule has 0 unspecified atom stereocenters. The first-order chi connectivity index (χ1) is 12.9. The second kappa shape index (κ2) is 7.53. The van der Waals surface area contributed by atoms with Gasteiger partial charge in [0.2, 0.25) is 5.91 Å². The number of nitrogens with zero attached hydrogens (tertiary/aromatic N) is 2. The fourth-order valence-corrected chi connectivity index (χ4v) is 2.86. The summed E-state index contributed by atoms with van der Waals surface area (Å²) in [4.78, 5) is 42.6. The molecule has 2 aromatic carbocycles. The number of aryl methyl sites for hydroxylation is 2. The summed E-state index contributed by atoms with van der Waals surface area (Å²) in [5.74, 6) is -2.40. The van der Waals surface area contributed by atoms with Gasteiger partial charge in [-0.2, -0.15) is 0 Å². The molecule has 3 rings (SSSR count). The van der Waals surface area contributed by atoms with E-state index in [1.54, 1.807) is 12.1 Å². The van der Waals surface area contributed by atoms with Gasteiger partial charge in [0.1, 0.15) is 0 Å². The number of urea groups is 1. The monoisotopic (exact) mass is 363 g/mol. The van der Waals surface area contributed by atoms with Gasteiger partial charge in [-0.3, -0.25) is 19.9 Å². The van der Waals surface area contributed by atoms with Gasteiger partial charge in [-0.1, -0.05) is 36.4 Å². The molecule has 2 aromatic rings. The number of carbonyl (C=O) groups excluding carboxylic acids is 3. The van der Waals surface area contributed by atoms with Crippen molar-refractivity contribution in [1.29, 1.82) is 0 Å². The van der Waals surface area contributed by atoms with Gasteiger partial charge in [0.05, 0.1) is 11.7 Å². The summed E-state index contributed by atoms with van der Waals surface area (Å²) in [5, 5.41) is 2.24. The largest absolute Gasteiger partial charge is 0.335 e. The molecule has 4 amide bonds. The maximum atomic E-state index is 12.8. The van der Waals surface area contributed by atoms with Crippen molar-refractivity contribution in [2.75, 3.05) is 4.90 Å². The Kier molecular flexibility index (Phi) is 5.16. The fourth-order valence-electron chi connectivity index (χ4n) is 2.86. The van der Waals surface area contributed by atoms with Crippen molar-refractivity contribution in [3.63, 3.8) is 0 Å². The maximum absolute atomic E-state index is 12.8. The number of nitrogens with one attached hydrogen (secondary N) is 1. The maximum Gasteiger partial charge on any atom is 0.335 e. The Hall–Kier alpha value is -3.28. The van der Waals surface area contributed by atoms with Crippen LogP contribution in [0.3, 0.4) is 0 Å². The van der Waals surface area contributed by atoms with Crippen LogP contribution in [-0.4, -0.2) is 24.1 Å². The molecule has 0 aliphatic carbocycles. The number of hydrogen-bond donors (Lipinski definition) is 1. The Bertz CT molecular complexity index is 922. The van der Waals surface area contributed by atoms with Gasteiger partial charge >= 0.3 is 6.03 Å². The summed E-state index contributed by atoms with van der Waals surface area (Å²) >= 11 is 0. The van der Waals surface area contributed by atoms with E-state index in [9.17, 15) is 14.4 Å². The first kappa shape index (κ1) is 18.5. The van der Waals surface area contributed by atoms with Crippen molar-refractivity contribution in [3.8, 4) is 0 Å². The number of amides is 4. The SMILES string of the molecule is Cc1ccc(N2C(=O)NC(=O)[C@@H](C=N[C@@H](C)c3ccccc3)C2=O)cc1C. The minimum Gasteiger partial charge on any atom is -0.288 e. The number of hydrogen-bond acceptors (Lipinski definition) is 4. The van der Waals surface area contributed by atoms with Crippen LogP contribution in [0.4, 0.5) is 10.5 Å². The van der Waals surface area contributed by atoms with E-state index in [2.05, 4.69) is 10.3 Å². The predicted molar refractivity (Wildman–Crippen MR) is 104 cm³/mol. The zero-order valence-electron chi connectivity index (χ0n) is 15.5. The number of aliphatic imine (C=N–C) groups is 1. The van der Waals surface area contributed by atoms with Crippen LogP contribution < -0.4 is 10.2 Å². The van der Waals surface area contributed by atoms with Crippen molar-refractivity contribution in [2.45, 2.75) is 26.8 Å². The van der Waals surface area contributed by atoms with Crippen molar-refractivity contribution in [3.05, 3.63) is 65.2 Å². The molecule has 27 heavy (non-hydrogen) atoms. The molecule has 1 heterocycles. The molecule has 1 aliphatic heterocycles. The molecule has 2 atom stereocenters. The highest BCUT2D eigenvalue weighted by atomic mass is 16.2. The molecule has 0 saturated carbocycles. The minimum atomic E-state index is -1.14. The molecule has 0 spiro atoms. The first-order valence-electron chi connectivity index (χ1n) is 8.73. The highest BCUT2D eigenvalue weighted by Crippen LogP contribution is 2.23. The van der Waals surface area contributed by atoms with E-state index in [4.69, 9.17) is 0 Å². The van der Waals surface area contributed by atoms with E-state index in [1.807, 2.05) is 57.2 Å². The highest BCUT2D eigenvalue weighted by molar-refractivity contribution is 6.32. The molecular formula is C21H21N3O3. The van der Waals surface area contributed by atoms with E-state index in [1.165, 1.54) is 6.21 Å². The summed E-state index contributed by atoms with van der Waals surface area (Å²) in [6.07, 6.45) is 1.33. The number of barbiturate groups is 1. The second-order valence-corrected chi connectivity index (χ2v) is 6.60. The van der Waals surface area contributed by atoms with E-state index in [-0.39, 0.29) is 6.04 Å². The smallest absolute Gasteiger partial charge is 0.288 e. The van der Waals surface area contributed by atoms with Crippen LogP contribution in [0.5, 0.6) is 0 Å². The number of benzene rings is 2. The standard InChI is InChI=1S/C21H21N3O3/c1-13-9-10-17(11-14(13)2)24-20(26)18(19(25)23-21(24)27)12-22-15(3)16-7-5-4-6-8-16/h4-12,15,18H,1-3H3,(H,23,25,27)/t15-,18+/m0/s1. The lowest BCUT2D eigenvalue weighted by Crippen LogP contribution is -2.58. The molecule has 0 aromatic heterocycles. The molecular weight excluding hydrogens is 342 g/mol. The topological polar surface area (TPSA) is 78.8 Å². The van der Waals surface area contributed by atoms with Crippen LogP contribution in [0.1, 0.15) is 29.7 Å². The number of imide groups is 2. The van der Waals surface area contributed by atoms with Crippen LogP contribution >= 0.6 is 0 Å². The zero-order chi connectivity index (χ0) is 19.6. The van der Waals surface area contributed by atoms with Crippen LogP contribution in [0.25, 0.3) is 0 Å². The third-order valence-electron chi connectivity index (χ3n) is 4.69. The highest BCUT2D eigenvalue weighted by Gasteiger charge is 2.40. The third kappa shape index (κ3) is 3.79. The Morgan fingerprint density at radius 3 is 2.41 bits per heavy atom. The van der Waals surface area contributed by atoms with Crippen LogP contribution in [0.2, 0.25) is 0 Å². The lowest BCUT2D eigenvalue weighted by Gasteiger charge is -2.29. The van der Waals surface area contributed by atoms with Gasteiger partial charge in [0.15, 0.2) is 5.92 Å². The average molecular weight is 363 g/mol. The summed E-state index contributed by atoms with van der Waals surface area (Å²) in [6.45, 7) is 5.72. The Balaban J connectivity index is 1.86. The molecule has 6 heteroatoms. The Morgan fingerprint density at radius 2 is 1.74 bits per heavy atom. The summed E-state index contributed by atoms with van der Waals surface area (Å²) in [7, 11) is 0. The molecule has 1 fully saturated rings. The molecule has 0 radical (unpaired) electrons. The molecule has 138 valence electrons. The Morgan fingerprint density at radius 1 is 1.04 bits per heavy atom. The number of carbonyl (C=O) groups is 3. The van der Waals surface area contributed by atoms with Crippen LogP contribution in [0, 0.1) is 19.8 Å². The van der Waals surface area contributed by atoms with E-state index < -0.39 is 23.8 Å². The van der Waals surface area contributed by atoms with Gasteiger partial charge in [0.25, 0.3) is 5.91 Å². The number of anilines is 1. The molecule has 6 nitrogen and oxygen atoms in total. The zero-order valence-corrected chi connectivity index (χ0v) is 15.5. The van der Waals surface area contributed by atoms with E-state index >= 15 is 0 Å². The van der Waals surface area contributed by atoms with Gasteiger partial charge in [-0.15, -0.1) is 0 Å². The number of rotatable bonds is 4. The average Bonchev–Trinajstić information content (AvgIpc) is 2.64. The Labute approximate surface area is 157 Å². The van der Waals surface area contributed by atoms with Crippen molar-refractivity contribution in [1.82, 2.24) is 5.32 Å². The summed E-state index contributed by atoms with van der Waals surface area (Å²) in [6, 6.07) is 13.9. The van der Waals surface area contributed by atoms with Gasteiger partial charge in [-0.25, -0.2) is 9.69 Å². The normalized spacial score (nSPS) is 18.7. The van der Waals surface area contributed by atoms with Gasteiger partial charge in [0, 0.05) is 6.21 Å². The predicted octanol–water partition coefficient (Wildman–Crippen LogP) is 3.33. The third-order valence-corrected chi connectivity index (χ3v) is 4.69. The minimum absolute atomic E-state index is 0.209. The van der Waals surface area contributed by atoms with Crippen molar-refractivity contribution >= 4 is 29.7 Å². The lowest BCUT2D eigenvalue weighted by atomic mass is 10.0. The lowest BCUT2D eigenvalue weighted by molar-refractivity contribution is -0.131. The summed E-state index contributed by atoms with van der Waals surface area (Å²) in [5.41, 5.74) is 3.41. The first-order valence-corrected chi connectivity index (χ1v) is 8.73. The van der Waals surface area contributed by atoms with Gasteiger partial charge < -0.3 is 0 Å². The van der Waals surface area contributed by atoms with Crippen LogP contribution in [0.15, 0.2) is 53.5 Å². The fraction of sp³-hybridized carbons (Fsp3) is 0.238.